The van der Waals surface area contributed by atoms with E-state index in [1.165, 1.54) is 35.2 Å². The van der Waals surface area contributed by atoms with Gasteiger partial charge in [-0.1, -0.05) is 115 Å². The number of amides is 2. The number of carbonyl (C=O) groups excluding carboxylic acids is 2. The number of halogens is 4. The molecule has 4 rings (SSSR count). The van der Waals surface area contributed by atoms with Crippen molar-refractivity contribution in [2.24, 2.45) is 5.92 Å². The van der Waals surface area contributed by atoms with E-state index < -0.39 is 34.4 Å². The molecule has 242 valence electrons. The zero-order chi connectivity index (χ0) is 33.4. The van der Waals surface area contributed by atoms with Gasteiger partial charge in [0.05, 0.1) is 20.6 Å². The fourth-order valence-corrected chi connectivity index (χ4v) is 6.96. The SMILES string of the molecule is CC(C)CNC(=O)[C@@H](Cc1ccccc1)N(Cc1c(Cl)cccc1Cl)C(=O)CN(c1ccc(Cl)c(Cl)c1)S(=O)(=O)c1ccccc1. The molecule has 0 bridgehead atoms. The van der Waals surface area contributed by atoms with E-state index in [2.05, 4.69) is 5.32 Å². The topological polar surface area (TPSA) is 86.8 Å². The molecule has 12 heteroatoms. The molecule has 0 heterocycles. The van der Waals surface area contributed by atoms with Crippen LogP contribution in [-0.2, 0) is 32.6 Å². The minimum atomic E-state index is -4.30. The summed E-state index contributed by atoms with van der Waals surface area (Å²) < 4.78 is 29.1. The lowest BCUT2D eigenvalue weighted by atomic mass is 10.0. The van der Waals surface area contributed by atoms with Crippen LogP contribution in [0.1, 0.15) is 25.0 Å². The third-order valence-corrected chi connectivity index (χ3v) is 10.4. The van der Waals surface area contributed by atoms with E-state index in [9.17, 15) is 18.0 Å². The van der Waals surface area contributed by atoms with Gasteiger partial charge in [-0.3, -0.25) is 13.9 Å². The Morgan fingerprint density at radius 2 is 1.37 bits per heavy atom. The second kappa shape index (κ2) is 16.0. The molecule has 0 aliphatic rings. The average Bonchev–Trinajstić information content (AvgIpc) is 3.03. The first kappa shape index (κ1) is 35.6. The Balaban J connectivity index is 1.84. The van der Waals surface area contributed by atoms with Gasteiger partial charge in [0.2, 0.25) is 11.8 Å². The van der Waals surface area contributed by atoms with Crippen LogP contribution in [0.15, 0.2) is 102 Å². The molecular weight excluding hydrogens is 688 g/mol. The molecule has 0 radical (unpaired) electrons. The highest BCUT2D eigenvalue weighted by Crippen LogP contribution is 2.32. The van der Waals surface area contributed by atoms with Gasteiger partial charge in [0, 0.05) is 35.1 Å². The number of nitrogens with one attached hydrogen (secondary N) is 1. The summed E-state index contributed by atoms with van der Waals surface area (Å²) in [6, 6.07) is 25.2. The quantitative estimate of drug-likeness (QED) is 0.152. The molecule has 1 N–H and O–H groups in total. The average molecular weight is 722 g/mol. The van der Waals surface area contributed by atoms with E-state index in [-0.39, 0.29) is 39.5 Å². The number of hydrogen-bond donors (Lipinski definition) is 1. The Bertz CT molecular complexity index is 1750. The summed E-state index contributed by atoms with van der Waals surface area (Å²) in [5, 5.41) is 3.86. The van der Waals surface area contributed by atoms with Crippen LogP contribution in [0.2, 0.25) is 20.1 Å². The number of nitrogens with zero attached hydrogens (tertiary/aromatic N) is 2. The van der Waals surface area contributed by atoms with E-state index in [1.54, 1.807) is 36.4 Å². The second-order valence-corrected chi connectivity index (χ2v) is 14.5. The van der Waals surface area contributed by atoms with Gasteiger partial charge in [0.1, 0.15) is 12.6 Å². The standard InChI is InChI=1S/C34H33Cl4N3O4S/c1-23(2)20-39-34(43)32(18-24-10-5-3-6-11-24)40(21-27-28(35)14-9-15-29(27)36)33(42)22-41(25-16-17-30(37)31(38)19-25)46(44,45)26-12-7-4-8-13-26/h3-17,19,23,32H,18,20-22H2,1-2H3,(H,39,43)/t32-/m1/s1. The summed E-state index contributed by atoms with van der Waals surface area (Å²) in [7, 11) is -4.30. The third kappa shape index (κ3) is 8.96. The summed E-state index contributed by atoms with van der Waals surface area (Å²) in [6.07, 6.45) is 0.150. The van der Waals surface area contributed by atoms with Crippen LogP contribution in [0, 0.1) is 5.92 Å². The summed E-state index contributed by atoms with van der Waals surface area (Å²) >= 11 is 25.6. The number of anilines is 1. The Kier molecular flexibility index (Phi) is 12.4. The molecule has 46 heavy (non-hydrogen) atoms. The monoisotopic (exact) mass is 719 g/mol. The summed E-state index contributed by atoms with van der Waals surface area (Å²) in [4.78, 5) is 29.7. The van der Waals surface area contributed by atoms with Gasteiger partial charge < -0.3 is 10.2 Å². The molecule has 0 aliphatic heterocycles. The zero-order valence-electron chi connectivity index (χ0n) is 25.2. The number of sulfonamides is 1. The highest BCUT2D eigenvalue weighted by molar-refractivity contribution is 7.92. The third-order valence-electron chi connectivity index (χ3n) is 7.15. The largest absolute Gasteiger partial charge is 0.354 e. The van der Waals surface area contributed by atoms with Crippen LogP contribution in [0.25, 0.3) is 0 Å². The molecule has 0 aliphatic carbocycles. The van der Waals surface area contributed by atoms with Crippen LogP contribution in [0.5, 0.6) is 0 Å². The van der Waals surface area contributed by atoms with Crippen molar-refractivity contribution in [3.63, 3.8) is 0 Å². The first-order chi connectivity index (χ1) is 21.9. The number of carbonyl (C=O) groups is 2. The van der Waals surface area contributed by atoms with E-state index in [0.717, 1.165) is 9.87 Å². The van der Waals surface area contributed by atoms with Gasteiger partial charge in [-0.25, -0.2) is 8.42 Å². The van der Waals surface area contributed by atoms with E-state index in [0.29, 0.717) is 22.2 Å². The predicted octanol–water partition coefficient (Wildman–Crippen LogP) is 7.91. The van der Waals surface area contributed by atoms with Crippen LogP contribution in [0.3, 0.4) is 0 Å². The maximum Gasteiger partial charge on any atom is 0.264 e. The van der Waals surface area contributed by atoms with E-state index in [4.69, 9.17) is 46.4 Å². The predicted molar refractivity (Wildman–Crippen MR) is 186 cm³/mol. The molecule has 0 aromatic heterocycles. The van der Waals surface area contributed by atoms with Crippen LogP contribution in [-0.4, -0.2) is 44.3 Å². The lowest BCUT2D eigenvalue weighted by Crippen LogP contribution is -2.53. The lowest BCUT2D eigenvalue weighted by molar-refractivity contribution is -0.140. The Morgan fingerprint density at radius 3 is 1.96 bits per heavy atom. The molecule has 7 nitrogen and oxygen atoms in total. The van der Waals surface area contributed by atoms with Crippen molar-refractivity contribution in [1.29, 1.82) is 0 Å². The number of hydrogen-bond acceptors (Lipinski definition) is 4. The fourth-order valence-electron chi connectivity index (χ4n) is 4.72. The maximum absolute atomic E-state index is 14.6. The molecule has 0 saturated heterocycles. The van der Waals surface area contributed by atoms with Gasteiger partial charge in [0.15, 0.2) is 0 Å². The van der Waals surface area contributed by atoms with E-state index in [1.807, 2.05) is 44.2 Å². The van der Waals surface area contributed by atoms with Crippen molar-refractivity contribution in [2.45, 2.75) is 37.8 Å². The van der Waals surface area contributed by atoms with Gasteiger partial charge in [-0.15, -0.1) is 0 Å². The second-order valence-electron chi connectivity index (χ2n) is 11.0. The van der Waals surface area contributed by atoms with Crippen molar-refractivity contribution in [3.05, 3.63) is 128 Å². The van der Waals surface area contributed by atoms with Gasteiger partial charge in [-0.2, -0.15) is 0 Å². The molecule has 0 saturated carbocycles. The Morgan fingerprint density at radius 1 is 0.761 bits per heavy atom. The number of rotatable bonds is 13. The molecule has 0 spiro atoms. The molecule has 2 amide bonds. The Hall–Kier alpha value is -3.27. The van der Waals surface area contributed by atoms with Crippen LogP contribution < -0.4 is 9.62 Å². The minimum absolute atomic E-state index is 0.0370. The smallest absolute Gasteiger partial charge is 0.264 e. The van der Waals surface area contributed by atoms with Crippen molar-refractivity contribution in [3.8, 4) is 0 Å². The first-order valence-electron chi connectivity index (χ1n) is 14.4. The van der Waals surface area contributed by atoms with Crippen molar-refractivity contribution in [2.75, 3.05) is 17.4 Å². The normalized spacial score (nSPS) is 12.1. The lowest BCUT2D eigenvalue weighted by Gasteiger charge is -2.34. The molecule has 1 atom stereocenters. The molecular formula is C34H33Cl4N3O4S. The van der Waals surface area contributed by atoms with E-state index >= 15 is 0 Å². The minimum Gasteiger partial charge on any atom is -0.354 e. The summed E-state index contributed by atoms with van der Waals surface area (Å²) in [6.45, 7) is 3.46. The molecule has 0 fully saturated rings. The van der Waals surface area contributed by atoms with Crippen molar-refractivity contribution < 1.29 is 18.0 Å². The Labute approximate surface area is 290 Å². The van der Waals surface area contributed by atoms with Crippen LogP contribution in [0.4, 0.5) is 5.69 Å². The fraction of sp³-hybridized carbons (Fsp3) is 0.235. The first-order valence-corrected chi connectivity index (χ1v) is 17.4. The zero-order valence-corrected chi connectivity index (χ0v) is 29.0. The molecule has 4 aromatic rings. The highest BCUT2D eigenvalue weighted by atomic mass is 35.5. The molecule has 0 unspecified atom stereocenters. The summed E-state index contributed by atoms with van der Waals surface area (Å²) in [5.41, 5.74) is 1.33. The van der Waals surface area contributed by atoms with Gasteiger partial charge in [-0.05, 0) is 53.9 Å². The summed E-state index contributed by atoms with van der Waals surface area (Å²) in [5.74, 6) is -0.923. The van der Waals surface area contributed by atoms with Crippen LogP contribution >= 0.6 is 46.4 Å². The van der Waals surface area contributed by atoms with Crippen molar-refractivity contribution >= 4 is 73.9 Å². The van der Waals surface area contributed by atoms with Gasteiger partial charge in [0.25, 0.3) is 10.0 Å². The number of benzene rings is 4. The maximum atomic E-state index is 14.6. The highest BCUT2D eigenvalue weighted by Gasteiger charge is 2.35. The van der Waals surface area contributed by atoms with Gasteiger partial charge >= 0.3 is 0 Å². The molecule has 4 aromatic carbocycles. The van der Waals surface area contributed by atoms with Crippen molar-refractivity contribution in [1.82, 2.24) is 10.2 Å².